The average Bonchev–Trinajstić information content (AvgIpc) is 3.38. The van der Waals surface area contributed by atoms with Crippen molar-refractivity contribution in [3.05, 3.63) is 77.9 Å². The SMILES string of the molecule is C[C@H]1CC[C@H](c2ccccc2)SN1Cc1cc(F)c(N2CC[C@H](n3cnnc3)[C@H](F)C2)cc1F. The molecule has 2 aliphatic heterocycles. The number of anilines is 1. The number of rotatable bonds is 5. The van der Waals surface area contributed by atoms with Gasteiger partial charge in [0.15, 0.2) is 0 Å². The third-order valence-electron chi connectivity index (χ3n) is 6.88. The molecule has 0 amide bonds. The lowest BCUT2D eigenvalue weighted by Crippen LogP contribution is -2.43. The van der Waals surface area contributed by atoms with Crippen LogP contribution in [0.1, 0.15) is 48.6 Å². The highest BCUT2D eigenvalue weighted by atomic mass is 32.2. The van der Waals surface area contributed by atoms with Gasteiger partial charge in [-0.05, 0) is 37.8 Å². The number of piperidine rings is 1. The number of aromatic nitrogens is 3. The summed E-state index contributed by atoms with van der Waals surface area (Å²) in [5.74, 6) is -0.969. The van der Waals surface area contributed by atoms with Gasteiger partial charge in [-0.3, -0.25) is 0 Å². The van der Waals surface area contributed by atoms with Crippen LogP contribution >= 0.6 is 11.9 Å². The van der Waals surface area contributed by atoms with Crippen molar-refractivity contribution in [2.24, 2.45) is 0 Å². The molecule has 0 N–H and O–H groups in total. The van der Waals surface area contributed by atoms with Crippen LogP contribution in [0.25, 0.3) is 0 Å². The van der Waals surface area contributed by atoms with Crippen LogP contribution in [0.15, 0.2) is 55.1 Å². The van der Waals surface area contributed by atoms with Gasteiger partial charge in [-0.2, -0.15) is 0 Å². The molecule has 3 heterocycles. The Hall–Kier alpha value is -2.52. The third kappa shape index (κ3) is 4.81. The van der Waals surface area contributed by atoms with Crippen LogP contribution in [0, 0.1) is 11.6 Å². The zero-order valence-electron chi connectivity index (χ0n) is 19.0. The van der Waals surface area contributed by atoms with Crippen LogP contribution in [0.2, 0.25) is 0 Å². The fraction of sp³-hybridized carbons (Fsp3) is 0.440. The van der Waals surface area contributed by atoms with Gasteiger partial charge < -0.3 is 9.47 Å². The van der Waals surface area contributed by atoms with Crippen molar-refractivity contribution in [1.29, 1.82) is 0 Å². The third-order valence-corrected chi connectivity index (χ3v) is 8.40. The van der Waals surface area contributed by atoms with Gasteiger partial charge in [-0.25, -0.2) is 17.5 Å². The first-order chi connectivity index (χ1) is 16.5. The van der Waals surface area contributed by atoms with Gasteiger partial charge in [0, 0.05) is 36.0 Å². The molecule has 34 heavy (non-hydrogen) atoms. The molecule has 3 aromatic rings. The number of nitrogens with zero attached hydrogens (tertiary/aromatic N) is 5. The van der Waals surface area contributed by atoms with E-state index in [-0.39, 0.29) is 18.3 Å². The van der Waals surface area contributed by atoms with Crippen LogP contribution in [0.3, 0.4) is 0 Å². The highest BCUT2D eigenvalue weighted by molar-refractivity contribution is 7.97. The fourth-order valence-electron chi connectivity index (χ4n) is 4.88. The Kier molecular flexibility index (Phi) is 6.83. The van der Waals surface area contributed by atoms with E-state index >= 15 is 8.78 Å². The fourth-order valence-corrected chi connectivity index (χ4v) is 6.25. The molecular weight excluding hydrogens is 459 g/mol. The van der Waals surface area contributed by atoms with Crippen LogP contribution in [-0.4, -0.2) is 44.4 Å². The van der Waals surface area contributed by atoms with Crippen LogP contribution in [0.4, 0.5) is 18.9 Å². The summed E-state index contributed by atoms with van der Waals surface area (Å²) in [6.07, 6.45) is 4.26. The summed E-state index contributed by atoms with van der Waals surface area (Å²) in [5.41, 5.74) is 1.69. The first-order valence-electron chi connectivity index (χ1n) is 11.7. The molecule has 0 aliphatic carbocycles. The summed E-state index contributed by atoms with van der Waals surface area (Å²) in [6.45, 7) is 2.87. The van der Waals surface area contributed by atoms with Crippen molar-refractivity contribution < 1.29 is 13.2 Å². The monoisotopic (exact) mass is 487 g/mol. The lowest BCUT2D eigenvalue weighted by atomic mass is 10.0. The van der Waals surface area contributed by atoms with Crippen molar-refractivity contribution in [3.63, 3.8) is 0 Å². The van der Waals surface area contributed by atoms with Gasteiger partial charge in [0.25, 0.3) is 0 Å². The number of benzene rings is 2. The van der Waals surface area contributed by atoms with Gasteiger partial charge in [0.05, 0.1) is 18.3 Å². The summed E-state index contributed by atoms with van der Waals surface area (Å²) in [5, 5.41) is 7.78. The quantitative estimate of drug-likeness (QED) is 0.431. The Morgan fingerprint density at radius 2 is 1.76 bits per heavy atom. The molecule has 5 nitrogen and oxygen atoms in total. The lowest BCUT2D eigenvalue weighted by Gasteiger charge is -2.38. The molecule has 2 aromatic carbocycles. The molecule has 1 aromatic heterocycles. The molecule has 0 spiro atoms. The highest BCUT2D eigenvalue weighted by Crippen LogP contribution is 2.43. The number of alkyl halides is 1. The largest absolute Gasteiger partial charge is 0.366 e. The van der Waals surface area contributed by atoms with Crippen molar-refractivity contribution in [2.45, 2.75) is 56.2 Å². The molecule has 2 aliphatic rings. The van der Waals surface area contributed by atoms with Crippen LogP contribution in [0.5, 0.6) is 0 Å². The second-order valence-electron chi connectivity index (χ2n) is 9.13. The van der Waals surface area contributed by atoms with E-state index in [4.69, 9.17) is 0 Å². The Labute approximate surface area is 202 Å². The first-order valence-corrected chi connectivity index (χ1v) is 12.5. The minimum atomic E-state index is -1.23. The Balaban J connectivity index is 1.28. The van der Waals surface area contributed by atoms with Gasteiger partial charge in [-0.1, -0.05) is 42.3 Å². The maximum absolute atomic E-state index is 15.1. The Morgan fingerprint density at radius 3 is 2.50 bits per heavy atom. The summed E-state index contributed by atoms with van der Waals surface area (Å²) in [4.78, 5) is 1.59. The normalized spacial score (nSPS) is 26.1. The average molecular weight is 488 g/mol. The van der Waals surface area contributed by atoms with Gasteiger partial charge >= 0.3 is 0 Å². The Bertz CT molecular complexity index is 1100. The number of hydrogen-bond donors (Lipinski definition) is 0. The van der Waals surface area contributed by atoms with Crippen molar-refractivity contribution >= 4 is 17.6 Å². The predicted molar refractivity (Wildman–Crippen MR) is 128 cm³/mol. The molecule has 9 heteroatoms. The van der Waals surface area contributed by atoms with E-state index in [1.807, 2.05) is 18.2 Å². The van der Waals surface area contributed by atoms with E-state index in [0.717, 1.165) is 12.8 Å². The summed E-state index contributed by atoms with van der Waals surface area (Å²) in [6, 6.07) is 12.7. The highest BCUT2D eigenvalue weighted by Gasteiger charge is 2.33. The second-order valence-corrected chi connectivity index (χ2v) is 10.4. The summed E-state index contributed by atoms with van der Waals surface area (Å²) >= 11 is 1.71. The number of halogens is 3. The van der Waals surface area contributed by atoms with Crippen molar-refractivity contribution in [2.75, 3.05) is 18.0 Å². The van der Waals surface area contributed by atoms with Crippen LogP contribution in [-0.2, 0) is 6.54 Å². The predicted octanol–water partition coefficient (Wildman–Crippen LogP) is 5.72. The summed E-state index contributed by atoms with van der Waals surface area (Å²) < 4.78 is 48.9. The van der Waals surface area contributed by atoms with Gasteiger partial charge in [-0.15, -0.1) is 10.2 Å². The maximum atomic E-state index is 15.1. The minimum absolute atomic E-state index is 0.00365. The van der Waals surface area contributed by atoms with E-state index in [0.29, 0.717) is 30.3 Å². The first kappa shape index (κ1) is 23.2. The molecule has 180 valence electrons. The van der Waals surface area contributed by atoms with Gasteiger partial charge in [0.2, 0.25) is 0 Å². The Morgan fingerprint density at radius 1 is 1.00 bits per heavy atom. The van der Waals surface area contributed by atoms with E-state index in [9.17, 15) is 4.39 Å². The molecule has 2 saturated heterocycles. The topological polar surface area (TPSA) is 37.2 Å². The van der Waals surface area contributed by atoms with E-state index in [1.54, 1.807) is 21.4 Å². The van der Waals surface area contributed by atoms with Crippen LogP contribution < -0.4 is 4.90 Å². The van der Waals surface area contributed by atoms with E-state index in [1.165, 1.54) is 30.4 Å². The zero-order chi connectivity index (χ0) is 23.7. The molecule has 0 unspecified atom stereocenters. The lowest BCUT2D eigenvalue weighted by molar-refractivity contribution is 0.199. The maximum Gasteiger partial charge on any atom is 0.147 e. The minimum Gasteiger partial charge on any atom is -0.366 e. The zero-order valence-corrected chi connectivity index (χ0v) is 19.8. The second kappa shape index (κ2) is 10.00. The summed E-state index contributed by atoms with van der Waals surface area (Å²) in [7, 11) is 0. The van der Waals surface area contributed by atoms with E-state index < -0.39 is 23.8 Å². The molecule has 0 radical (unpaired) electrons. The van der Waals surface area contributed by atoms with Gasteiger partial charge in [0.1, 0.15) is 30.5 Å². The molecule has 5 rings (SSSR count). The smallest absolute Gasteiger partial charge is 0.147 e. The molecule has 0 bridgehead atoms. The van der Waals surface area contributed by atoms with Crippen molar-refractivity contribution in [3.8, 4) is 0 Å². The molecule has 0 saturated carbocycles. The van der Waals surface area contributed by atoms with E-state index in [2.05, 4.69) is 33.6 Å². The number of hydrogen-bond acceptors (Lipinski definition) is 5. The van der Waals surface area contributed by atoms with Crippen molar-refractivity contribution in [1.82, 2.24) is 19.1 Å². The molecular formula is C25H28F3N5S. The molecule has 2 fully saturated rings. The molecule has 4 atom stereocenters. The standard InChI is InChI=1S/C25H28F3N5S/c1-17-7-8-25(18-5-3-2-4-6-18)34-33(17)13-19-11-21(27)24(12-20(19)26)31-10-9-23(22(28)14-31)32-15-29-30-16-32/h2-6,11-12,15-17,22-23,25H,7-10,13-14H2,1H3/t17-,22+,23-,25+/m0/s1.